The maximum Gasteiger partial charge on any atom is 0.309 e. The molecule has 0 amide bonds. The molecular weight excluding hydrogens is 268 g/mol. The van der Waals surface area contributed by atoms with Gasteiger partial charge in [0.2, 0.25) is 0 Å². The summed E-state index contributed by atoms with van der Waals surface area (Å²) in [6, 6.07) is 4.67. The molecule has 1 rings (SSSR count). The average molecular weight is 286 g/mol. The largest absolute Gasteiger partial charge is 0.496 e. The second-order valence-corrected chi connectivity index (χ2v) is 7.06. The van der Waals surface area contributed by atoms with Crippen LogP contribution in [0.25, 0.3) is 0 Å². The van der Waals surface area contributed by atoms with Crippen molar-refractivity contribution in [1.29, 1.82) is 0 Å². The zero-order chi connectivity index (χ0) is 14.8. The highest BCUT2D eigenvalue weighted by atomic mass is 32.2. The van der Waals surface area contributed by atoms with Crippen molar-refractivity contribution in [3.8, 4) is 5.75 Å². The Labute approximate surface area is 113 Å². The SMILES string of the molecule is COc1cccc(S(C)(=O)=O)c1CC(C)(C)C(=O)O. The van der Waals surface area contributed by atoms with Crippen LogP contribution in [0.2, 0.25) is 0 Å². The Kier molecular flexibility index (Phi) is 4.25. The number of sulfone groups is 1. The molecule has 1 aromatic carbocycles. The zero-order valence-corrected chi connectivity index (χ0v) is 12.2. The van der Waals surface area contributed by atoms with E-state index in [4.69, 9.17) is 9.84 Å². The molecule has 0 fully saturated rings. The van der Waals surface area contributed by atoms with E-state index in [1.54, 1.807) is 26.0 Å². The third-order valence-electron chi connectivity index (χ3n) is 2.91. The van der Waals surface area contributed by atoms with Gasteiger partial charge in [-0.05, 0) is 32.4 Å². The number of aliphatic carboxylic acids is 1. The normalized spacial score (nSPS) is 12.2. The molecule has 19 heavy (non-hydrogen) atoms. The van der Waals surface area contributed by atoms with Gasteiger partial charge in [-0.25, -0.2) is 8.42 Å². The molecule has 1 N–H and O–H groups in total. The third-order valence-corrected chi connectivity index (χ3v) is 4.09. The molecular formula is C13H18O5S. The van der Waals surface area contributed by atoms with Crippen LogP contribution < -0.4 is 4.74 Å². The predicted molar refractivity (Wildman–Crippen MR) is 71.2 cm³/mol. The number of hydrogen-bond acceptors (Lipinski definition) is 4. The molecule has 0 heterocycles. The highest BCUT2D eigenvalue weighted by Crippen LogP contribution is 2.32. The number of carboxylic acid groups (broad SMARTS) is 1. The predicted octanol–water partition coefficient (Wildman–Crippen LogP) is 1.75. The van der Waals surface area contributed by atoms with Gasteiger partial charge in [-0.1, -0.05) is 6.07 Å². The lowest BCUT2D eigenvalue weighted by Crippen LogP contribution is -2.27. The maximum absolute atomic E-state index is 11.8. The summed E-state index contributed by atoms with van der Waals surface area (Å²) in [6.07, 6.45) is 1.17. The first kappa shape index (κ1) is 15.5. The second kappa shape index (κ2) is 5.21. The Balaban J connectivity index is 3.44. The fourth-order valence-corrected chi connectivity index (χ4v) is 2.72. The molecule has 0 aliphatic heterocycles. The number of ether oxygens (including phenoxy) is 1. The Morgan fingerprint density at radius 1 is 1.37 bits per heavy atom. The van der Waals surface area contributed by atoms with Gasteiger partial charge in [-0.3, -0.25) is 4.79 Å². The van der Waals surface area contributed by atoms with Crippen LogP contribution in [0.15, 0.2) is 23.1 Å². The summed E-state index contributed by atoms with van der Waals surface area (Å²) in [4.78, 5) is 11.3. The fraction of sp³-hybridized carbons (Fsp3) is 0.462. The molecule has 0 atom stereocenters. The molecule has 0 aromatic heterocycles. The van der Waals surface area contributed by atoms with Gasteiger partial charge in [0.25, 0.3) is 0 Å². The van der Waals surface area contributed by atoms with Gasteiger partial charge < -0.3 is 9.84 Å². The van der Waals surface area contributed by atoms with Crippen molar-refractivity contribution in [3.05, 3.63) is 23.8 Å². The summed E-state index contributed by atoms with van der Waals surface area (Å²) in [7, 11) is -2.01. The first-order valence-electron chi connectivity index (χ1n) is 5.69. The van der Waals surface area contributed by atoms with Gasteiger partial charge in [0, 0.05) is 11.8 Å². The molecule has 0 bridgehead atoms. The number of hydrogen-bond donors (Lipinski definition) is 1. The topological polar surface area (TPSA) is 80.7 Å². The van der Waals surface area contributed by atoms with Crippen molar-refractivity contribution in [1.82, 2.24) is 0 Å². The van der Waals surface area contributed by atoms with Crippen molar-refractivity contribution in [2.75, 3.05) is 13.4 Å². The summed E-state index contributed by atoms with van der Waals surface area (Å²) < 4.78 is 28.7. The molecule has 0 saturated heterocycles. The standard InChI is InChI=1S/C13H18O5S/c1-13(2,12(14)15)8-9-10(18-3)6-5-7-11(9)19(4,16)17/h5-7H,8H2,1-4H3,(H,14,15). The van der Waals surface area contributed by atoms with Crippen LogP contribution in [0.1, 0.15) is 19.4 Å². The van der Waals surface area contributed by atoms with Gasteiger partial charge in [0.05, 0.1) is 17.4 Å². The molecule has 6 heteroatoms. The lowest BCUT2D eigenvalue weighted by atomic mass is 9.85. The quantitative estimate of drug-likeness (QED) is 0.892. The Morgan fingerprint density at radius 2 is 1.95 bits per heavy atom. The molecule has 0 radical (unpaired) electrons. The summed E-state index contributed by atoms with van der Waals surface area (Å²) in [5.41, 5.74) is -0.673. The maximum atomic E-state index is 11.8. The first-order valence-corrected chi connectivity index (χ1v) is 7.58. The summed E-state index contributed by atoms with van der Waals surface area (Å²) >= 11 is 0. The lowest BCUT2D eigenvalue weighted by Gasteiger charge is -2.22. The number of methoxy groups -OCH3 is 1. The van der Waals surface area contributed by atoms with Crippen molar-refractivity contribution in [2.24, 2.45) is 5.41 Å². The Hall–Kier alpha value is -1.56. The number of rotatable bonds is 5. The van der Waals surface area contributed by atoms with Crippen LogP contribution in [0.4, 0.5) is 0 Å². The van der Waals surface area contributed by atoms with Crippen LogP contribution in [-0.2, 0) is 21.1 Å². The summed E-state index contributed by atoms with van der Waals surface area (Å²) in [5.74, 6) is -0.602. The average Bonchev–Trinajstić information content (AvgIpc) is 2.27. The van der Waals surface area contributed by atoms with Crippen LogP contribution in [0, 0.1) is 5.41 Å². The number of carbonyl (C=O) groups is 1. The minimum Gasteiger partial charge on any atom is -0.496 e. The molecule has 0 aliphatic rings. The van der Waals surface area contributed by atoms with Gasteiger partial charge in [-0.15, -0.1) is 0 Å². The van der Waals surface area contributed by atoms with Crippen LogP contribution in [0.5, 0.6) is 5.75 Å². The van der Waals surface area contributed by atoms with Crippen LogP contribution in [-0.4, -0.2) is 32.9 Å². The van der Waals surface area contributed by atoms with E-state index >= 15 is 0 Å². The lowest BCUT2D eigenvalue weighted by molar-refractivity contribution is -0.146. The monoisotopic (exact) mass is 286 g/mol. The first-order chi connectivity index (χ1) is 8.59. The van der Waals surface area contributed by atoms with E-state index in [-0.39, 0.29) is 11.3 Å². The van der Waals surface area contributed by atoms with Crippen molar-refractivity contribution in [2.45, 2.75) is 25.2 Å². The summed E-state index contributed by atoms with van der Waals surface area (Å²) in [6.45, 7) is 3.10. The minimum atomic E-state index is -3.44. The second-order valence-electron chi connectivity index (χ2n) is 5.07. The van der Waals surface area contributed by atoms with Crippen molar-refractivity contribution >= 4 is 15.8 Å². The van der Waals surface area contributed by atoms with E-state index in [0.717, 1.165) is 6.26 Å². The Morgan fingerprint density at radius 3 is 2.37 bits per heavy atom. The van der Waals surface area contributed by atoms with Gasteiger partial charge in [-0.2, -0.15) is 0 Å². The molecule has 0 aliphatic carbocycles. The van der Waals surface area contributed by atoms with E-state index in [1.165, 1.54) is 13.2 Å². The minimum absolute atomic E-state index is 0.0781. The summed E-state index contributed by atoms with van der Waals surface area (Å²) in [5, 5.41) is 9.17. The van der Waals surface area contributed by atoms with Crippen molar-refractivity contribution < 1.29 is 23.1 Å². The zero-order valence-electron chi connectivity index (χ0n) is 11.4. The van der Waals surface area contributed by atoms with E-state index in [1.807, 2.05) is 0 Å². The van der Waals surface area contributed by atoms with Crippen molar-refractivity contribution in [3.63, 3.8) is 0 Å². The Bertz CT molecular complexity index is 587. The van der Waals surface area contributed by atoms with E-state index in [9.17, 15) is 13.2 Å². The van der Waals surface area contributed by atoms with E-state index in [0.29, 0.717) is 11.3 Å². The molecule has 0 spiro atoms. The van der Waals surface area contributed by atoms with Gasteiger partial charge in [0.15, 0.2) is 9.84 Å². The fourth-order valence-electron chi connectivity index (χ4n) is 1.78. The van der Waals surface area contributed by atoms with Crippen LogP contribution in [0.3, 0.4) is 0 Å². The highest BCUT2D eigenvalue weighted by molar-refractivity contribution is 7.90. The number of carboxylic acids is 1. The van der Waals surface area contributed by atoms with Gasteiger partial charge >= 0.3 is 5.97 Å². The van der Waals surface area contributed by atoms with E-state index < -0.39 is 21.2 Å². The number of benzene rings is 1. The smallest absolute Gasteiger partial charge is 0.309 e. The molecule has 106 valence electrons. The highest BCUT2D eigenvalue weighted by Gasteiger charge is 2.31. The molecule has 0 unspecified atom stereocenters. The van der Waals surface area contributed by atoms with Crippen LogP contribution >= 0.6 is 0 Å². The van der Waals surface area contributed by atoms with E-state index in [2.05, 4.69) is 0 Å². The third kappa shape index (κ3) is 3.47. The van der Waals surface area contributed by atoms with Gasteiger partial charge in [0.1, 0.15) is 5.75 Å². The molecule has 0 saturated carbocycles. The molecule has 1 aromatic rings. The molecule has 5 nitrogen and oxygen atoms in total.